The predicted molar refractivity (Wildman–Crippen MR) is 46.3 cm³/mol. The van der Waals surface area contributed by atoms with Crippen molar-refractivity contribution < 1.29 is 10.2 Å². The van der Waals surface area contributed by atoms with Gasteiger partial charge in [-0.15, -0.1) is 0 Å². The lowest BCUT2D eigenvalue weighted by Crippen LogP contribution is -2.19. The molecule has 0 amide bonds. The molecule has 0 fully saturated rings. The molecule has 1 aliphatic heterocycles. The van der Waals surface area contributed by atoms with Crippen molar-refractivity contribution in [2.45, 2.75) is 12.5 Å². The number of fused-ring (bicyclic) bond motifs is 1. The van der Waals surface area contributed by atoms with Crippen LogP contribution in [0.4, 0.5) is 5.69 Å². The van der Waals surface area contributed by atoms with Crippen LogP contribution in [0.25, 0.3) is 0 Å². The van der Waals surface area contributed by atoms with Crippen LogP contribution in [-0.4, -0.2) is 22.9 Å². The minimum atomic E-state index is 0.0632. The molecule has 2 rings (SSSR count). The van der Waals surface area contributed by atoms with Crippen molar-refractivity contribution in [3.8, 4) is 5.75 Å². The second-order valence-electron chi connectivity index (χ2n) is 3.03. The van der Waals surface area contributed by atoms with E-state index in [1.54, 1.807) is 12.1 Å². The lowest BCUT2D eigenvalue weighted by molar-refractivity contribution is 0.276. The van der Waals surface area contributed by atoms with Crippen LogP contribution in [0.5, 0.6) is 5.75 Å². The van der Waals surface area contributed by atoms with E-state index in [-0.39, 0.29) is 12.6 Å². The van der Waals surface area contributed by atoms with Gasteiger partial charge in [-0.1, -0.05) is 6.07 Å². The van der Waals surface area contributed by atoms with Crippen LogP contribution < -0.4 is 5.32 Å². The van der Waals surface area contributed by atoms with E-state index >= 15 is 0 Å². The SMILES string of the molecule is OCC1Cc2c(O)cccc2N1. The van der Waals surface area contributed by atoms with E-state index in [0.29, 0.717) is 12.2 Å². The fraction of sp³-hybridized carbons (Fsp3) is 0.333. The Bertz CT molecular complexity index is 299. The van der Waals surface area contributed by atoms with Gasteiger partial charge in [0, 0.05) is 17.7 Å². The van der Waals surface area contributed by atoms with E-state index in [1.165, 1.54) is 0 Å². The summed E-state index contributed by atoms with van der Waals surface area (Å²) in [5, 5.41) is 21.4. The fourth-order valence-corrected chi connectivity index (χ4v) is 1.55. The van der Waals surface area contributed by atoms with E-state index < -0.39 is 0 Å². The molecule has 3 nitrogen and oxygen atoms in total. The number of benzene rings is 1. The zero-order chi connectivity index (χ0) is 8.55. The fourth-order valence-electron chi connectivity index (χ4n) is 1.55. The topological polar surface area (TPSA) is 52.5 Å². The number of anilines is 1. The van der Waals surface area contributed by atoms with Crippen molar-refractivity contribution in [1.29, 1.82) is 0 Å². The van der Waals surface area contributed by atoms with Crippen LogP contribution in [0.15, 0.2) is 18.2 Å². The second-order valence-corrected chi connectivity index (χ2v) is 3.03. The Balaban J connectivity index is 2.35. The summed E-state index contributed by atoms with van der Waals surface area (Å²) in [7, 11) is 0. The average molecular weight is 165 g/mol. The molecule has 0 saturated heterocycles. The van der Waals surface area contributed by atoms with E-state index in [0.717, 1.165) is 11.3 Å². The first-order chi connectivity index (χ1) is 5.81. The molecule has 0 bridgehead atoms. The Kier molecular flexibility index (Phi) is 1.66. The Morgan fingerprint density at radius 2 is 2.33 bits per heavy atom. The third-order valence-electron chi connectivity index (χ3n) is 2.18. The molecule has 3 N–H and O–H groups in total. The predicted octanol–water partition coefficient (Wildman–Crippen LogP) is 0.721. The van der Waals surface area contributed by atoms with Gasteiger partial charge >= 0.3 is 0 Å². The first-order valence-electron chi connectivity index (χ1n) is 3.99. The van der Waals surface area contributed by atoms with Gasteiger partial charge in [0.25, 0.3) is 0 Å². The molecular weight excluding hydrogens is 154 g/mol. The van der Waals surface area contributed by atoms with E-state index in [2.05, 4.69) is 5.32 Å². The quantitative estimate of drug-likeness (QED) is 0.574. The molecule has 0 aromatic heterocycles. The second kappa shape index (κ2) is 2.68. The molecule has 3 heteroatoms. The highest BCUT2D eigenvalue weighted by atomic mass is 16.3. The number of aliphatic hydroxyl groups excluding tert-OH is 1. The minimum absolute atomic E-state index is 0.0632. The van der Waals surface area contributed by atoms with Crippen LogP contribution in [-0.2, 0) is 6.42 Å². The Morgan fingerprint density at radius 1 is 1.50 bits per heavy atom. The lowest BCUT2D eigenvalue weighted by atomic mass is 10.1. The molecule has 0 spiro atoms. The number of hydrogen-bond acceptors (Lipinski definition) is 3. The summed E-state index contributed by atoms with van der Waals surface area (Å²) in [6.07, 6.45) is 0.707. The van der Waals surface area contributed by atoms with E-state index in [9.17, 15) is 5.11 Å². The third kappa shape index (κ3) is 1.02. The number of hydrogen-bond donors (Lipinski definition) is 3. The third-order valence-corrected chi connectivity index (χ3v) is 2.18. The summed E-state index contributed by atoms with van der Waals surface area (Å²) in [5.74, 6) is 0.316. The van der Waals surface area contributed by atoms with Gasteiger partial charge < -0.3 is 15.5 Å². The molecule has 0 aliphatic carbocycles. The maximum atomic E-state index is 9.42. The Morgan fingerprint density at radius 3 is 3.00 bits per heavy atom. The molecule has 12 heavy (non-hydrogen) atoms. The average Bonchev–Trinajstić information content (AvgIpc) is 2.49. The summed E-state index contributed by atoms with van der Waals surface area (Å²) in [5.41, 5.74) is 1.85. The molecule has 1 heterocycles. The van der Waals surface area contributed by atoms with Gasteiger partial charge in [0.1, 0.15) is 5.75 Å². The van der Waals surface area contributed by atoms with E-state index in [1.807, 2.05) is 6.07 Å². The van der Waals surface area contributed by atoms with Crippen LogP contribution in [0, 0.1) is 0 Å². The summed E-state index contributed by atoms with van der Waals surface area (Å²) in [6, 6.07) is 5.43. The van der Waals surface area contributed by atoms with Gasteiger partial charge in [-0.2, -0.15) is 0 Å². The largest absolute Gasteiger partial charge is 0.508 e. The van der Waals surface area contributed by atoms with Crippen LogP contribution >= 0.6 is 0 Å². The standard InChI is InChI=1S/C9H11NO2/c11-5-6-4-7-8(10-6)2-1-3-9(7)12/h1-3,6,10-12H,4-5H2. The lowest BCUT2D eigenvalue weighted by Gasteiger charge is -2.04. The normalized spacial score (nSPS) is 20.2. The zero-order valence-electron chi connectivity index (χ0n) is 6.62. The molecule has 1 atom stereocenters. The van der Waals surface area contributed by atoms with Crippen molar-refractivity contribution in [3.05, 3.63) is 23.8 Å². The van der Waals surface area contributed by atoms with Gasteiger partial charge in [-0.25, -0.2) is 0 Å². The van der Waals surface area contributed by atoms with Gasteiger partial charge in [-0.05, 0) is 12.1 Å². The van der Waals surface area contributed by atoms with E-state index in [4.69, 9.17) is 5.11 Å². The van der Waals surface area contributed by atoms with Crippen molar-refractivity contribution in [2.75, 3.05) is 11.9 Å². The molecule has 1 aromatic rings. The van der Waals surface area contributed by atoms with Gasteiger partial charge in [0.2, 0.25) is 0 Å². The first-order valence-corrected chi connectivity index (χ1v) is 3.99. The number of aliphatic hydroxyl groups is 1. The molecular formula is C9H11NO2. The molecule has 0 saturated carbocycles. The Hall–Kier alpha value is -1.22. The van der Waals surface area contributed by atoms with Crippen molar-refractivity contribution >= 4 is 5.69 Å². The van der Waals surface area contributed by atoms with Gasteiger partial charge in [0.15, 0.2) is 0 Å². The number of nitrogens with one attached hydrogen (secondary N) is 1. The monoisotopic (exact) mass is 165 g/mol. The maximum absolute atomic E-state index is 9.42. The highest BCUT2D eigenvalue weighted by molar-refractivity contribution is 5.61. The molecule has 1 aliphatic rings. The van der Waals surface area contributed by atoms with Gasteiger partial charge in [-0.3, -0.25) is 0 Å². The number of rotatable bonds is 1. The number of phenolic OH excluding ortho intramolecular Hbond substituents is 1. The Labute approximate surface area is 70.7 Å². The van der Waals surface area contributed by atoms with Crippen molar-refractivity contribution in [2.24, 2.45) is 0 Å². The summed E-state index contributed by atoms with van der Waals surface area (Å²) < 4.78 is 0. The number of aromatic hydroxyl groups is 1. The van der Waals surface area contributed by atoms with Crippen LogP contribution in [0.2, 0.25) is 0 Å². The van der Waals surface area contributed by atoms with Gasteiger partial charge in [0.05, 0.1) is 12.6 Å². The minimum Gasteiger partial charge on any atom is -0.508 e. The molecule has 64 valence electrons. The zero-order valence-corrected chi connectivity index (χ0v) is 6.62. The molecule has 0 radical (unpaired) electrons. The number of phenols is 1. The smallest absolute Gasteiger partial charge is 0.120 e. The summed E-state index contributed by atoms with van der Waals surface area (Å²) >= 11 is 0. The maximum Gasteiger partial charge on any atom is 0.120 e. The van der Waals surface area contributed by atoms with Crippen LogP contribution in [0.1, 0.15) is 5.56 Å². The molecule has 1 unspecified atom stereocenters. The first kappa shape index (κ1) is 7.43. The van der Waals surface area contributed by atoms with Crippen molar-refractivity contribution in [3.63, 3.8) is 0 Å². The summed E-state index contributed by atoms with van der Waals surface area (Å²) in [6.45, 7) is 0.105. The van der Waals surface area contributed by atoms with Crippen LogP contribution in [0.3, 0.4) is 0 Å². The highest BCUT2D eigenvalue weighted by Crippen LogP contribution is 2.32. The molecule has 1 aromatic carbocycles. The van der Waals surface area contributed by atoms with Crippen molar-refractivity contribution in [1.82, 2.24) is 0 Å². The highest BCUT2D eigenvalue weighted by Gasteiger charge is 2.21. The summed E-state index contributed by atoms with van der Waals surface area (Å²) in [4.78, 5) is 0.